The van der Waals surface area contributed by atoms with Crippen molar-refractivity contribution in [2.45, 2.75) is 6.92 Å². The van der Waals surface area contributed by atoms with Gasteiger partial charge in [-0.2, -0.15) is 0 Å². The molecule has 0 saturated carbocycles. The van der Waals surface area contributed by atoms with Crippen LogP contribution in [0, 0.1) is 5.82 Å². The van der Waals surface area contributed by atoms with Crippen LogP contribution in [0.15, 0.2) is 84.9 Å². The zero-order chi connectivity index (χ0) is 22.3. The molecule has 6 nitrogen and oxygen atoms in total. The second-order valence-corrected chi connectivity index (χ2v) is 6.79. The van der Waals surface area contributed by atoms with Crippen molar-refractivity contribution < 1.29 is 23.4 Å². The Morgan fingerprint density at radius 3 is 2.31 bits per heavy atom. The molecule has 1 aromatic heterocycles. The molecule has 1 heterocycles. The molecular formula is C25H21FN2O4. The number of hydrogen-bond acceptors (Lipinski definition) is 5. The molecule has 0 spiro atoms. The summed E-state index contributed by atoms with van der Waals surface area (Å²) < 4.78 is 31.3. The first-order chi connectivity index (χ1) is 15.6. The Morgan fingerprint density at radius 2 is 1.62 bits per heavy atom. The molecule has 0 radical (unpaired) electrons. The molecule has 0 aliphatic rings. The van der Waals surface area contributed by atoms with Gasteiger partial charge in [0, 0.05) is 11.6 Å². The minimum atomic E-state index is -0.479. The number of carbonyl (C=O) groups excluding carboxylic acids is 1. The van der Waals surface area contributed by atoms with Gasteiger partial charge in [-0.25, -0.2) is 13.9 Å². The number of carbonyl (C=O) groups is 1. The van der Waals surface area contributed by atoms with Crippen molar-refractivity contribution in [1.82, 2.24) is 9.78 Å². The number of benzene rings is 3. The van der Waals surface area contributed by atoms with E-state index in [1.165, 1.54) is 12.1 Å². The molecule has 32 heavy (non-hydrogen) atoms. The molecule has 4 aromatic rings. The highest BCUT2D eigenvalue weighted by Crippen LogP contribution is 2.30. The van der Waals surface area contributed by atoms with Gasteiger partial charge in [-0.1, -0.05) is 18.2 Å². The van der Waals surface area contributed by atoms with E-state index >= 15 is 0 Å². The first-order valence-corrected chi connectivity index (χ1v) is 10.1. The lowest BCUT2D eigenvalue weighted by atomic mass is 10.1. The summed E-state index contributed by atoms with van der Waals surface area (Å²) in [7, 11) is 0. The molecule has 0 atom stereocenters. The fourth-order valence-electron chi connectivity index (χ4n) is 3.07. The van der Waals surface area contributed by atoms with Gasteiger partial charge in [0.05, 0.1) is 18.0 Å². The first-order valence-electron chi connectivity index (χ1n) is 10.1. The zero-order valence-corrected chi connectivity index (χ0v) is 17.4. The van der Waals surface area contributed by atoms with Crippen molar-refractivity contribution in [3.63, 3.8) is 0 Å². The molecule has 3 aromatic carbocycles. The third-order valence-corrected chi connectivity index (χ3v) is 4.53. The largest absolute Gasteiger partial charge is 0.465 e. The molecule has 0 fully saturated rings. The molecule has 162 valence electrons. The average Bonchev–Trinajstić information content (AvgIpc) is 3.24. The number of hydrogen-bond donors (Lipinski definition) is 0. The van der Waals surface area contributed by atoms with E-state index in [2.05, 4.69) is 5.10 Å². The summed E-state index contributed by atoms with van der Waals surface area (Å²) in [5.41, 5.74) is 2.20. The SMILES string of the molecule is CCOC(=O)COc1cc(-c2ccc(Oc3ccccc3)cc2)n(-c2ccc(F)cc2)n1. The number of ether oxygens (including phenoxy) is 3. The number of nitrogens with zero attached hydrogens (tertiary/aromatic N) is 2. The van der Waals surface area contributed by atoms with Gasteiger partial charge in [0.2, 0.25) is 5.88 Å². The van der Waals surface area contributed by atoms with Crippen LogP contribution in [0.25, 0.3) is 16.9 Å². The predicted molar refractivity (Wildman–Crippen MR) is 118 cm³/mol. The van der Waals surface area contributed by atoms with Crippen LogP contribution in [-0.2, 0) is 9.53 Å². The Hall–Kier alpha value is -4.13. The van der Waals surface area contributed by atoms with Gasteiger partial charge >= 0.3 is 5.97 Å². The van der Waals surface area contributed by atoms with Crippen LogP contribution in [-0.4, -0.2) is 29.0 Å². The van der Waals surface area contributed by atoms with Crippen molar-refractivity contribution in [1.29, 1.82) is 0 Å². The predicted octanol–water partition coefficient (Wildman–Crippen LogP) is 5.41. The van der Waals surface area contributed by atoms with Crippen LogP contribution in [0.1, 0.15) is 6.92 Å². The summed E-state index contributed by atoms with van der Waals surface area (Å²) >= 11 is 0. The molecule has 0 bridgehead atoms. The molecular weight excluding hydrogens is 411 g/mol. The molecule has 4 rings (SSSR count). The highest BCUT2D eigenvalue weighted by molar-refractivity contribution is 5.71. The smallest absolute Gasteiger partial charge is 0.344 e. The maximum atomic E-state index is 13.4. The minimum absolute atomic E-state index is 0.252. The third-order valence-electron chi connectivity index (χ3n) is 4.53. The maximum absolute atomic E-state index is 13.4. The standard InChI is InChI=1S/C25H21FN2O4/c1-2-30-25(29)17-31-24-16-23(28(27-24)20-12-10-19(26)11-13-20)18-8-14-22(15-9-18)32-21-6-4-3-5-7-21/h3-16H,2,17H2,1H3. The van der Waals surface area contributed by atoms with E-state index in [1.807, 2.05) is 54.6 Å². The van der Waals surface area contributed by atoms with E-state index in [1.54, 1.807) is 29.8 Å². The lowest BCUT2D eigenvalue weighted by molar-refractivity contribution is -0.145. The molecule has 0 aliphatic carbocycles. The Bertz CT molecular complexity index is 1170. The van der Waals surface area contributed by atoms with Crippen molar-refractivity contribution in [2.75, 3.05) is 13.2 Å². The van der Waals surface area contributed by atoms with Gasteiger partial charge in [0.25, 0.3) is 0 Å². The quantitative estimate of drug-likeness (QED) is 0.348. The summed E-state index contributed by atoms with van der Waals surface area (Å²) in [6.07, 6.45) is 0. The van der Waals surface area contributed by atoms with E-state index in [9.17, 15) is 9.18 Å². The van der Waals surface area contributed by atoms with E-state index < -0.39 is 5.97 Å². The number of rotatable bonds is 8. The second kappa shape index (κ2) is 9.78. The minimum Gasteiger partial charge on any atom is -0.465 e. The van der Waals surface area contributed by atoms with Crippen LogP contribution >= 0.6 is 0 Å². The summed E-state index contributed by atoms with van der Waals surface area (Å²) in [4.78, 5) is 11.6. The summed E-state index contributed by atoms with van der Waals surface area (Å²) in [5.74, 6) is 0.858. The van der Waals surface area contributed by atoms with Gasteiger partial charge in [-0.3, -0.25) is 0 Å². The van der Waals surface area contributed by atoms with Gasteiger partial charge in [0.1, 0.15) is 17.3 Å². The van der Waals surface area contributed by atoms with Gasteiger partial charge in [0.15, 0.2) is 6.61 Å². The first kappa shape index (κ1) is 21.1. The Labute approximate surface area is 184 Å². The fourth-order valence-corrected chi connectivity index (χ4v) is 3.07. The molecule has 7 heteroatoms. The molecule has 0 amide bonds. The lowest BCUT2D eigenvalue weighted by Gasteiger charge is -2.09. The number of aromatic nitrogens is 2. The van der Waals surface area contributed by atoms with Crippen LogP contribution in [0.3, 0.4) is 0 Å². The van der Waals surface area contributed by atoms with E-state index in [-0.39, 0.29) is 24.9 Å². The summed E-state index contributed by atoms with van der Waals surface area (Å²) in [6.45, 7) is 1.75. The van der Waals surface area contributed by atoms with E-state index in [4.69, 9.17) is 14.2 Å². The number of halogens is 1. The molecule has 0 saturated heterocycles. The van der Waals surface area contributed by atoms with E-state index in [0.29, 0.717) is 17.1 Å². The number of esters is 1. The summed E-state index contributed by atoms with van der Waals surface area (Å²) in [5, 5.41) is 4.44. The fraction of sp³-hybridized carbons (Fsp3) is 0.120. The van der Waals surface area contributed by atoms with Crippen LogP contribution in [0.2, 0.25) is 0 Å². The monoisotopic (exact) mass is 432 g/mol. The lowest BCUT2D eigenvalue weighted by Crippen LogP contribution is -2.14. The van der Waals surface area contributed by atoms with Gasteiger partial charge in [-0.05, 0) is 67.6 Å². The van der Waals surface area contributed by atoms with Crippen LogP contribution < -0.4 is 9.47 Å². The van der Waals surface area contributed by atoms with Crippen molar-refractivity contribution in [2.24, 2.45) is 0 Å². The topological polar surface area (TPSA) is 62.6 Å². The molecule has 0 unspecified atom stereocenters. The Morgan fingerprint density at radius 1 is 0.938 bits per heavy atom. The van der Waals surface area contributed by atoms with Crippen molar-refractivity contribution >= 4 is 5.97 Å². The van der Waals surface area contributed by atoms with Crippen molar-refractivity contribution in [3.05, 3.63) is 90.7 Å². The average molecular weight is 432 g/mol. The Kier molecular flexibility index (Phi) is 6.46. The van der Waals surface area contributed by atoms with Crippen LogP contribution in [0.5, 0.6) is 17.4 Å². The van der Waals surface area contributed by atoms with Gasteiger partial charge < -0.3 is 14.2 Å². The third kappa shape index (κ3) is 5.13. The highest BCUT2D eigenvalue weighted by Gasteiger charge is 2.15. The highest BCUT2D eigenvalue weighted by atomic mass is 19.1. The maximum Gasteiger partial charge on any atom is 0.344 e. The molecule has 0 aliphatic heterocycles. The Balaban J connectivity index is 1.62. The second-order valence-electron chi connectivity index (χ2n) is 6.79. The van der Waals surface area contributed by atoms with Crippen LogP contribution in [0.4, 0.5) is 4.39 Å². The zero-order valence-electron chi connectivity index (χ0n) is 17.4. The normalized spacial score (nSPS) is 10.6. The van der Waals surface area contributed by atoms with E-state index in [0.717, 1.165) is 11.3 Å². The van der Waals surface area contributed by atoms with Gasteiger partial charge in [-0.15, -0.1) is 5.10 Å². The summed E-state index contributed by atoms with van der Waals surface area (Å²) in [6, 6.07) is 24.7. The van der Waals surface area contributed by atoms with Crippen molar-refractivity contribution in [3.8, 4) is 34.3 Å². The number of para-hydroxylation sites is 1. The molecule has 0 N–H and O–H groups in total.